The van der Waals surface area contributed by atoms with E-state index in [9.17, 15) is 14.0 Å². The molecule has 0 aliphatic carbocycles. The van der Waals surface area contributed by atoms with E-state index in [1.807, 2.05) is 31.2 Å². The maximum Gasteiger partial charge on any atom is 0.255 e. The Bertz CT molecular complexity index is 969. The molecule has 130 valence electrons. The molecule has 0 saturated heterocycles. The summed E-state index contributed by atoms with van der Waals surface area (Å²) in [6.45, 7) is 1.90. The summed E-state index contributed by atoms with van der Waals surface area (Å²) < 4.78 is 13.2. The van der Waals surface area contributed by atoms with Gasteiger partial charge in [-0.25, -0.2) is 4.39 Å². The topological polar surface area (TPSA) is 58.2 Å². The Morgan fingerprint density at radius 3 is 2.12 bits per heavy atom. The van der Waals surface area contributed by atoms with Gasteiger partial charge in [0.15, 0.2) is 0 Å². The van der Waals surface area contributed by atoms with E-state index in [1.54, 1.807) is 24.3 Å². The molecule has 3 rings (SSSR count). The minimum absolute atomic E-state index is 0.306. The predicted molar refractivity (Wildman–Crippen MR) is 99.9 cm³/mol. The summed E-state index contributed by atoms with van der Waals surface area (Å²) in [4.78, 5) is 24.8. The van der Waals surface area contributed by atoms with Gasteiger partial charge >= 0.3 is 0 Å². The Hall–Kier alpha value is -3.47. The highest BCUT2D eigenvalue weighted by atomic mass is 19.1. The van der Waals surface area contributed by atoms with Gasteiger partial charge in [-0.3, -0.25) is 9.59 Å². The monoisotopic (exact) mass is 348 g/mol. The molecule has 4 nitrogen and oxygen atoms in total. The molecule has 3 aromatic carbocycles. The SMILES string of the molecule is Cc1ccccc1NC(=O)c1cccc(C(=O)Nc2cccc(F)c2)c1. The minimum Gasteiger partial charge on any atom is -0.322 e. The highest BCUT2D eigenvalue weighted by Gasteiger charge is 2.12. The standard InChI is InChI=1S/C21H17FN2O2/c1-14-6-2-3-11-19(14)24-21(26)16-8-4-7-15(12-16)20(25)23-18-10-5-9-17(22)13-18/h2-13H,1H3,(H,23,25)(H,24,26). The van der Waals surface area contributed by atoms with Crippen molar-refractivity contribution in [2.24, 2.45) is 0 Å². The quantitative estimate of drug-likeness (QED) is 0.722. The van der Waals surface area contributed by atoms with E-state index in [2.05, 4.69) is 10.6 Å². The lowest BCUT2D eigenvalue weighted by molar-refractivity contribution is 0.102. The second kappa shape index (κ2) is 7.61. The lowest BCUT2D eigenvalue weighted by Gasteiger charge is -2.09. The molecule has 0 aromatic heterocycles. The van der Waals surface area contributed by atoms with Gasteiger partial charge in [-0.05, 0) is 55.0 Å². The Balaban J connectivity index is 1.76. The van der Waals surface area contributed by atoms with Crippen LogP contribution in [-0.4, -0.2) is 11.8 Å². The van der Waals surface area contributed by atoms with Crippen LogP contribution in [0.25, 0.3) is 0 Å². The first-order valence-corrected chi connectivity index (χ1v) is 8.07. The molecular weight excluding hydrogens is 331 g/mol. The van der Waals surface area contributed by atoms with Gasteiger partial charge < -0.3 is 10.6 Å². The molecule has 0 saturated carbocycles. The largest absolute Gasteiger partial charge is 0.322 e. The number of hydrogen-bond donors (Lipinski definition) is 2. The number of benzene rings is 3. The van der Waals surface area contributed by atoms with Crippen molar-refractivity contribution in [3.05, 3.63) is 95.3 Å². The highest BCUT2D eigenvalue weighted by molar-refractivity contribution is 6.08. The summed E-state index contributed by atoms with van der Waals surface area (Å²) in [6, 6.07) is 19.4. The second-order valence-corrected chi connectivity index (χ2v) is 5.81. The van der Waals surface area contributed by atoms with Crippen LogP contribution in [0.4, 0.5) is 15.8 Å². The first-order chi connectivity index (χ1) is 12.5. The van der Waals surface area contributed by atoms with Crippen LogP contribution in [0.5, 0.6) is 0 Å². The molecular formula is C21H17FN2O2. The van der Waals surface area contributed by atoms with Crippen LogP contribution in [0.3, 0.4) is 0 Å². The Morgan fingerprint density at radius 2 is 1.42 bits per heavy atom. The van der Waals surface area contributed by atoms with Gasteiger partial charge in [0.25, 0.3) is 11.8 Å². The van der Waals surface area contributed by atoms with Crippen LogP contribution < -0.4 is 10.6 Å². The van der Waals surface area contributed by atoms with E-state index < -0.39 is 11.7 Å². The van der Waals surface area contributed by atoms with E-state index in [0.29, 0.717) is 22.5 Å². The van der Waals surface area contributed by atoms with Crippen molar-refractivity contribution < 1.29 is 14.0 Å². The van der Waals surface area contributed by atoms with Crippen LogP contribution in [-0.2, 0) is 0 Å². The van der Waals surface area contributed by atoms with Gasteiger partial charge in [0, 0.05) is 22.5 Å². The third-order valence-corrected chi connectivity index (χ3v) is 3.86. The van der Waals surface area contributed by atoms with Crippen molar-refractivity contribution in [1.29, 1.82) is 0 Å². The van der Waals surface area contributed by atoms with Gasteiger partial charge in [0.2, 0.25) is 0 Å². The van der Waals surface area contributed by atoms with Crippen LogP contribution >= 0.6 is 0 Å². The van der Waals surface area contributed by atoms with Gasteiger partial charge in [-0.2, -0.15) is 0 Å². The molecule has 0 bridgehead atoms. The fraction of sp³-hybridized carbons (Fsp3) is 0.0476. The smallest absolute Gasteiger partial charge is 0.255 e. The molecule has 2 N–H and O–H groups in total. The zero-order chi connectivity index (χ0) is 18.5. The molecule has 26 heavy (non-hydrogen) atoms. The maximum atomic E-state index is 13.2. The summed E-state index contributed by atoms with van der Waals surface area (Å²) in [5.74, 6) is -1.16. The molecule has 0 unspecified atom stereocenters. The fourth-order valence-electron chi connectivity index (χ4n) is 2.48. The summed E-state index contributed by atoms with van der Waals surface area (Å²) >= 11 is 0. The van der Waals surface area contributed by atoms with Crippen molar-refractivity contribution in [3.8, 4) is 0 Å². The predicted octanol–water partition coefficient (Wildman–Crippen LogP) is 4.64. The molecule has 0 fully saturated rings. The maximum absolute atomic E-state index is 13.2. The summed E-state index contributed by atoms with van der Waals surface area (Å²) in [7, 11) is 0. The number of carbonyl (C=O) groups is 2. The van der Waals surface area contributed by atoms with Crippen LogP contribution in [0, 0.1) is 12.7 Å². The number of halogens is 1. The molecule has 0 heterocycles. The van der Waals surface area contributed by atoms with Crippen molar-refractivity contribution >= 4 is 23.2 Å². The molecule has 0 aliphatic rings. The van der Waals surface area contributed by atoms with E-state index in [1.165, 1.54) is 24.3 Å². The molecule has 2 amide bonds. The first-order valence-electron chi connectivity index (χ1n) is 8.07. The number of hydrogen-bond acceptors (Lipinski definition) is 2. The van der Waals surface area contributed by atoms with Crippen LogP contribution in [0.15, 0.2) is 72.8 Å². The molecule has 0 atom stereocenters. The third kappa shape index (κ3) is 4.13. The summed E-state index contributed by atoms with van der Waals surface area (Å²) in [6.07, 6.45) is 0. The fourth-order valence-corrected chi connectivity index (χ4v) is 2.48. The summed E-state index contributed by atoms with van der Waals surface area (Å²) in [5.41, 5.74) is 2.68. The zero-order valence-electron chi connectivity index (χ0n) is 14.1. The number of para-hydroxylation sites is 1. The van der Waals surface area contributed by atoms with Crippen LogP contribution in [0.1, 0.15) is 26.3 Å². The second-order valence-electron chi connectivity index (χ2n) is 5.81. The van der Waals surface area contributed by atoms with E-state index in [-0.39, 0.29) is 5.91 Å². The molecule has 3 aromatic rings. The van der Waals surface area contributed by atoms with Gasteiger partial charge in [0.05, 0.1) is 0 Å². The van der Waals surface area contributed by atoms with Gasteiger partial charge in [-0.1, -0.05) is 30.3 Å². The number of anilines is 2. The van der Waals surface area contributed by atoms with Crippen LogP contribution in [0.2, 0.25) is 0 Å². The summed E-state index contributed by atoms with van der Waals surface area (Å²) in [5, 5.41) is 5.44. The Kier molecular flexibility index (Phi) is 5.08. The Labute approximate surface area is 150 Å². The van der Waals surface area contributed by atoms with E-state index in [0.717, 1.165) is 5.56 Å². The average Bonchev–Trinajstić information content (AvgIpc) is 2.63. The number of amides is 2. The molecule has 0 spiro atoms. The van der Waals surface area contributed by atoms with Crippen molar-refractivity contribution in [2.75, 3.05) is 10.6 Å². The number of nitrogens with one attached hydrogen (secondary N) is 2. The normalized spacial score (nSPS) is 10.2. The zero-order valence-corrected chi connectivity index (χ0v) is 14.1. The van der Waals surface area contributed by atoms with E-state index >= 15 is 0 Å². The molecule has 5 heteroatoms. The number of aryl methyl sites for hydroxylation is 1. The van der Waals surface area contributed by atoms with Gasteiger partial charge in [-0.15, -0.1) is 0 Å². The lowest BCUT2D eigenvalue weighted by Crippen LogP contribution is -2.16. The van der Waals surface area contributed by atoms with E-state index in [4.69, 9.17) is 0 Å². The average molecular weight is 348 g/mol. The van der Waals surface area contributed by atoms with Crippen molar-refractivity contribution in [2.45, 2.75) is 6.92 Å². The van der Waals surface area contributed by atoms with Crippen molar-refractivity contribution in [3.63, 3.8) is 0 Å². The lowest BCUT2D eigenvalue weighted by atomic mass is 10.1. The Morgan fingerprint density at radius 1 is 0.769 bits per heavy atom. The van der Waals surface area contributed by atoms with Crippen molar-refractivity contribution in [1.82, 2.24) is 0 Å². The van der Waals surface area contributed by atoms with Gasteiger partial charge in [0.1, 0.15) is 5.82 Å². The third-order valence-electron chi connectivity index (χ3n) is 3.86. The molecule has 0 aliphatic heterocycles. The minimum atomic E-state index is -0.436. The number of carbonyl (C=O) groups excluding carboxylic acids is 2. The first kappa shape index (κ1) is 17.4. The highest BCUT2D eigenvalue weighted by Crippen LogP contribution is 2.16. The number of rotatable bonds is 4. The molecule has 0 radical (unpaired) electrons.